The van der Waals surface area contributed by atoms with Gasteiger partial charge in [-0.15, -0.1) is 0 Å². The van der Waals surface area contributed by atoms with Crippen LogP contribution in [0, 0.1) is 10.1 Å². The Morgan fingerprint density at radius 3 is 2.32 bits per heavy atom. The third kappa shape index (κ3) is 4.38. The molecule has 3 rings (SSSR count). The summed E-state index contributed by atoms with van der Waals surface area (Å²) < 4.78 is 38.1. The molecular weight excluding hydrogens is 384 g/mol. The Morgan fingerprint density at radius 2 is 1.64 bits per heavy atom. The van der Waals surface area contributed by atoms with Crippen molar-refractivity contribution in [1.29, 1.82) is 0 Å². The Morgan fingerprint density at radius 1 is 0.929 bits per heavy atom. The summed E-state index contributed by atoms with van der Waals surface area (Å²) in [7, 11) is -2.51. The number of nitrogens with zero attached hydrogens (tertiary/aromatic N) is 1. The summed E-state index contributed by atoms with van der Waals surface area (Å²) in [5.74, 6) is 0.754. The zero-order valence-electron chi connectivity index (χ0n) is 14.7. The number of sulfonamides is 1. The van der Waals surface area contributed by atoms with E-state index in [1.165, 1.54) is 19.2 Å². The largest absolute Gasteiger partial charge is 0.497 e. The highest BCUT2D eigenvalue weighted by atomic mass is 32.2. The fourth-order valence-corrected chi connectivity index (χ4v) is 3.48. The predicted octanol–water partition coefficient (Wildman–Crippen LogP) is 4.20. The molecule has 0 aliphatic rings. The van der Waals surface area contributed by atoms with Crippen LogP contribution in [-0.2, 0) is 10.0 Å². The summed E-state index contributed by atoms with van der Waals surface area (Å²) >= 11 is 0. The van der Waals surface area contributed by atoms with Crippen molar-refractivity contribution < 1.29 is 22.8 Å². The van der Waals surface area contributed by atoms with Gasteiger partial charge in [-0.05, 0) is 36.4 Å². The Kier molecular flexibility index (Phi) is 5.46. The minimum Gasteiger partial charge on any atom is -0.497 e. The molecule has 0 heterocycles. The van der Waals surface area contributed by atoms with Crippen LogP contribution in [0.25, 0.3) is 0 Å². The topological polar surface area (TPSA) is 108 Å². The van der Waals surface area contributed by atoms with Gasteiger partial charge in [-0.25, -0.2) is 8.42 Å². The summed E-state index contributed by atoms with van der Waals surface area (Å²) in [5.41, 5.74) is -0.124. The van der Waals surface area contributed by atoms with Gasteiger partial charge in [0.25, 0.3) is 10.0 Å². The summed E-state index contributed by atoms with van der Waals surface area (Å²) in [6, 6.07) is 18.2. The maximum atomic E-state index is 12.5. The zero-order chi connectivity index (χ0) is 20.1. The maximum absolute atomic E-state index is 12.5. The van der Waals surface area contributed by atoms with Crippen molar-refractivity contribution in [2.24, 2.45) is 0 Å². The summed E-state index contributed by atoms with van der Waals surface area (Å²) in [6.07, 6.45) is 0. The molecule has 9 heteroatoms. The lowest BCUT2D eigenvalue weighted by Gasteiger charge is -2.11. The first-order valence-electron chi connectivity index (χ1n) is 8.07. The highest BCUT2D eigenvalue weighted by Gasteiger charge is 2.23. The second-order valence-electron chi connectivity index (χ2n) is 5.64. The number of hydrogen-bond donors (Lipinski definition) is 1. The third-order valence-electron chi connectivity index (χ3n) is 3.73. The normalized spacial score (nSPS) is 10.9. The summed E-state index contributed by atoms with van der Waals surface area (Å²) in [4.78, 5) is 10.5. The molecule has 0 aliphatic carbocycles. The van der Waals surface area contributed by atoms with E-state index in [4.69, 9.17) is 9.47 Å². The van der Waals surface area contributed by atoms with Crippen LogP contribution in [-0.4, -0.2) is 20.5 Å². The molecule has 0 aliphatic heterocycles. The number of para-hydroxylation sites is 1. The molecule has 0 atom stereocenters. The molecule has 1 N–H and O–H groups in total. The second kappa shape index (κ2) is 7.97. The van der Waals surface area contributed by atoms with E-state index in [1.807, 2.05) is 0 Å². The lowest BCUT2D eigenvalue weighted by molar-refractivity contribution is -0.385. The van der Waals surface area contributed by atoms with E-state index in [-0.39, 0.29) is 10.6 Å². The SMILES string of the molecule is COc1cccc(Oc2ccc(S(=O)(=O)Nc3ccccc3)cc2[N+](=O)[O-])c1. The molecule has 0 spiro atoms. The molecule has 0 aromatic heterocycles. The van der Waals surface area contributed by atoms with Gasteiger partial charge >= 0.3 is 5.69 Å². The van der Waals surface area contributed by atoms with Gasteiger partial charge in [-0.3, -0.25) is 14.8 Å². The van der Waals surface area contributed by atoms with Gasteiger partial charge in [0.15, 0.2) is 0 Å². The molecule has 3 aromatic rings. The molecule has 0 unspecified atom stereocenters. The number of nitro groups is 1. The Labute approximate surface area is 161 Å². The van der Waals surface area contributed by atoms with E-state index in [0.29, 0.717) is 17.2 Å². The quantitative estimate of drug-likeness (QED) is 0.470. The van der Waals surface area contributed by atoms with E-state index < -0.39 is 20.6 Å². The van der Waals surface area contributed by atoms with Crippen LogP contribution in [0.5, 0.6) is 17.2 Å². The number of benzene rings is 3. The molecular formula is C19H16N2O6S. The molecule has 28 heavy (non-hydrogen) atoms. The van der Waals surface area contributed by atoms with Crippen molar-refractivity contribution in [3.8, 4) is 17.2 Å². The van der Waals surface area contributed by atoms with E-state index in [0.717, 1.165) is 6.07 Å². The van der Waals surface area contributed by atoms with Crippen molar-refractivity contribution in [1.82, 2.24) is 0 Å². The minimum atomic E-state index is -4.00. The van der Waals surface area contributed by atoms with E-state index in [1.54, 1.807) is 54.6 Å². The fourth-order valence-electron chi connectivity index (χ4n) is 2.41. The van der Waals surface area contributed by atoms with Crippen LogP contribution in [0.15, 0.2) is 77.7 Å². The van der Waals surface area contributed by atoms with Gasteiger partial charge in [-0.2, -0.15) is 0 Å². The first kappa shape index (κ1) is 19.2. The van der Waals surface area contributed by atoms with Gasteiger partial charge in [0.05, 0.1) is 16.9 Å². The number of nitro benzene ring substituents is 1. The average molecular weight is 400 g/mol. The van der Waals surface area contributed by atoms with Gasteiger partial charge in [0, 0.05) is 17.8 Å². The summed E-state index contributed by atoms with van der Waals surface area (Å²) in [6.45, 7) is 0. The Bertz CT molecular complexity index is 1100. The average Bonchev–Trinajstić information content (AvgIpc) is 2.68. The number of anilines is 1. The Hall–Kier alpha value is -3.59. The van der Waals surface area contributed by atoms with Crippen LogP contribution < -0.4 is 14.2 Å². The van der Waals surface area contributed by atoms with Crippen molar-refractivity contribution in [3.63, 3.8) is 0 Å². The molecule has 3 aromatic carbocycles. The lowest BCUT2D eigenvalue weighted by Crippen LogP contribution is -2.13. The number of nitrogens with one attached hydrogen (secondary N) is 1. The molecule has 0 saturated carbocycles. The third-order valence-corrected chi connectivity index (χ3v) is 5.11. The van der Waals surface area contributed by atoms with Gasteiger partial charge in [-0.1, -0.05) is 24.3 Å². The maximum Gasteiger partial charge on any atom is 0.312 e. The van der Waals surface area contributed by atoms with Gasteiger partial charge in [0.2, 0.25) is 5.75 Å². The summed E-state index contributed by atoms with van der Waals surface area (Å²) in [5, 5.41) is 11.5. The smallest absolute Gasteiger partial charge is 0.312 e. The molecule has 144 valence electrons. The molecule has 0 bridgehead atoms. The van der Waals surface area contributed by atoms with Crippen molar-refractivity contribution in [2.75, 3.05) is 11.8 Å². The first-order chi connectivity index (χ1) is 13.4. The fraction of sp³-hybridized carbons (Fsp3) is 0.0526. The van der Waals surface area contributed by atoms with Crippen LogP contribution in [0.2, 0.25) is 0 Å². The number of rotatable bonds is 7. The van der Waals surface area contributed by atoms with Crippen molar-refractivity contribution >= 4 is 21.4 Å². The number of methoxy groups -OCH3 is 1. The van der Waals surface area contributed by atoms with E-state index in [2.05, 4.69) is 4.72 Å². The monoisotopic (exact) mass is 400 g/mol. The van der Waals surface area contributed by atoms with Crippen LogP contribution in [0.1, 0.15) is 0 Å². The van der Waals surface area contributed by atoms with Gasteiger partial charge in [0.1, 0.15) is 11.5 Å². The van der Waals surface area contributed by atoms with Crippen LogP contribution in [0.3, 0.4) is 0 Å². The van der Waals surface area contributed by atoms with Crippen molar-refractivity contribution in [3.05, 3.63) is 82.9 Å². The lowest BCUT2D eigenvalue weighted by atomic mass is 10.3. The number of hydrogen-bond acceptors (Lipinski definition) is 6. The van der Waals surface area contributed by atoms with Crippen molar-refractivity contribution in [2.45, 2.75) is 4.90 Å². The first-order valence-corrected chi connectivity index (χ1v) is 9.55. The second-order valence-corrected chi connectivity index (χ2v) is 7.32. The Balaban J connectivity index is 1.93. The molecule has 0 radical (unpaired) electrons. The standard InChI is InChI=1S/C19H16N2O6S/c1-26-15-8-5-9-16(12-15)27-19-11-10-17(13-18(19)21(22)23)28(24,25)20-14-6-3-2-4-7-14/h2-13,20H,1H3. The molecule has 0 fully saturated rings. The highest BCUT2D eigenvalue weighted by Crippen LogP contribution is 2.34. The molecule has 8 nitrogen and oxygen atoms in total. The number of ether oxygens (including phenoxy) is 2. The predicted molar refractivity (Wildman–Crippen MR) is 103 cm³/mol. The molecule has 0 amide bonds. The highest BCUT2D eigenvalue weighted by molar-refractivity contribution is 7.92. The van der Waals surface area contributed by atoms with Crippen LogP contribution >= 0.6 is 0 Å². The minimum absolute atomic E-state index is 0.0862. The van der Waals surface area contributed by atoms with E-state index in [9.17, 15) is 18.5 Å². The zero-order valence-corrected chi connectivity index (χ0v) is 15.5. The van der Waals surface area contributed by atoms with Gasteiger partial charge < -0.3 is 9.47 Å². The molecule has 0 saturated heterocycles. The van der Waals surface area contributed by atoms with E-state index >= 15 is 0 Å². The van der Waals surface area contributed by atoms with Crippen LogP contribution in [0.4, 0.5) is 11.4 Å².